The van der Waals surface area contributed by atoms with Gasteiger partial charge in [0.25, 0.3) is 10.0 Å². The first kappa shape index (κ1) is 19.9. The summed E-state index contributed by atoms with van der Waals surface area (Å²) in [7, 11) is -1.50. The highest BCUT2D eigenvalue weighted by Gasteiger charge is 2.28. The Bertz CT molecular complexity index is 1090. The average Bonchev–Trinajstić information content (AvgIpc) is 3.36. The Hall–Kier alpha value is -2.86. The molecule has 0 fully saturated rings. The van der Waals surface area contributed by atoms with Crippen LogP contribution in [0.25, 0.3) is 0 Å². The molecule has 0 unspecified atom stereocenters. The second-order valence-electron chi connectivity index (χ2n) is 5.80. The highest BCUT2D eigenvalue weighted by molar-refractivity contribution is 7.94. The molecule has 0 bridgehead atoms. The number of aryl methyl sites for hydroxylation is 2. The molecule has 0 amide bonds. The molecule has 28 heavy (non-hydrogen) atoms. The van der Waals surface area contributed by atoms with E-state index in [1.54, 1.807) is 17.8 Å². The predicted molar refractivity (Wildman–Crippen MR) is 100 cm³/mol. The predicted octanol–water partition coefficient (Wildman–Crippen LogP) is 2.19. The number of thiophene rings is 1. The van der Waals surface area contributed by atoms with Crippen LogP contribution in [0.5, 0.6) is 5.75 Å². The van der Waals surface area contributed by atoms with Crippen LogP contribution in [0.2, 0.25) is 0 Å². The van der Waals surface area contributed by atoms with E-state index in [0.29, 0.717) is 12.3 Å². The number of nitrogens with one attached hydrogen (secondary N) is 1. The van der Waals surface area contributed by atoms with E-state index < -0.39 is 16.0 Å². The SMILES string of the molecule is COC(=O)c1csc(S(=O)(=O)Nc2cnn(Cc3c(C)noc3C)c2)c1OC. The number of methoxy groups -OCH3 is 2. The van der Waals surface area contributed by atoms with Crippen LogP contribution in [-0.4, -0.2) is 43.5 Å². The lowest BCUT2D eigenvalue weighted by Gasteiger charge is -2.07. The molecule has 3 aromatic heterocycles. The Morgan fingerprint density at radius 3 is 2.71 bits per heavy atom. The van der Waals surface area contributed by atoms with E-state index in [9.17, 15) is 13.2 Å². The maximum atomic E-state index is 12.7. The molecule has 0 aromatic carbocycles. The molecule has 10 nitrogen and oxygen atoms in total. The topological polar surface area (TPSA) is 126 Å². The molecule has 3 aromatic rings. The van der Waals surface area contributed by atoms with Gasteiger partial charge in [-0.15, -0.1) is 11.3 Å². The van der Waals surface area contributed by atoms with Crippen LogP contribution in [0, 0.1) is 13.8 Å². The van der Waals surface area contributed by atoms with Gasteiger partial charge in [-0.1, -0.05) is 5.16 Å². The molecule has 0 saturated carbocycles. The Kier molecular flexibility index (Phi) is 5.42. The van der Waals surface area contributed by atoms with Gasteiger partial charge in [-0.25, -0.2) is 13.2 Å². The number of rotatable bonds is 7. The van der Waals surface area contributed by atoms with Gasteiger partial charge in [0.2, 0.25) is 0 Å². The van der Waals surface area contributed by atoms with Crippen molar-refractivity contribution in [3.8, 4) is 5.75 Å². The Morgan fingerprint density at radius 2 is 2.11 bits per heavy atom. The van der Waals surface area contributed by atoms with E-state index in [1.807, 2.05) is 6.92 Å². The van der Waals surface area contributed by atoms with E-state index in [-0.39, 0.29) is 21.2 Å². The van der Waals surface area contributed by atoms with Gasteiger partial charge < -0.3 is 14.0 Å². The van der Waals surface area contributed by atoms with Gasteiger partial charge in [0, 0.05) is 17.1 Å². The molecular weight excluding hydrogens is 408 g/mol. The lowest BCUT2D eigenvalue weighted by Crippen LogP contribution is -2.13. The van der Waals surface area contributed by atoms with E-state index in [0.717, 1.165) is 22.6 Å². The van der Waals surface area contributed by atoms with Gasteiger partial charge in [-0.2, -0.15) is 5.10 Å². The van der Waals surface area contributed by atoms with Crippen molar-refractivity contribution < 1.29 is 27.2 Å². The number of hydrogen-bond acceptors (Lipinski definition) is 9. The van der Waals surface area contributed by atoms with Crippen molar-refractivity contribution in [3.63, 3.8) is 0 Å². The average molecular weight is 426 g/mol. The quantitative estimate of drug-likeness (QED) is 0.570. The number of sulfonamides is 1. The lowest BCUT2D eigenvalue weighted by molar-refractivity contribution is 0.0597. The minimum atomic E-state index is -3.99. The molecule has 0 aliphatic carbocycles. The van der Waals surface area contributed by atoms with Crippen molar-refractivity contribution in [1.82, 2.24) is 14.9 Å². The Morgan fingerprint density at radius 1 is 1.36 bits per heavy atom. The zero-order valence-electron chi connectivity index (χ0n) is 15.5. The van der Waals surface area contributed by atoms with Crippen molar-refractivity contribution in [3.05, 3.63) is 40.4 Å². The summed E-state index contributed by atoms with van der Waals surface area (Å²) in [5.41, 5.74) is 1.93. The number of aromatic nitrogens is 3. The summed E-state index contributed by atoms with van der Waals surface area (Å²) in [6.45, 7) is 4.00. The van der Waals surface area contributed by atoms with Crippen molar-refractivity contribution in [2.75, 3.05) is 18.9 Å². The van der Waals surface area contributed by atoms with Gasteiger partial charge in [0.1, 0.15) is 11.3 Å². The summed E-state index contributed by atoms with van der Waals surface area (Å²) in [6.07, 6.45) is 2.93. The third kappa shape index (κ3) is 3.73. The molecule has 0 saturated heterocycles. The van der Waals surface area contributed by atoms with Gasteiger partial charge in [0.05, 0.1) is 38.3 Å². The number of ether oxygens (including phenoxy) is 2. The monoisotopic (exact) mass is 426 g/mol. The smallest absolute Gasteiger partial charge is 0.342 e. The Balaban J connectivity index is 1.83. The van der Waals surface area contributed by atoms with Gasteiger partial charge >= 0.3 is 5.97 Å². The van der Waals surface area contributed by atoms with E-state index in [1.165, 1.54) is 25.8 Å². The maximum absolute atomic E-state index is 12.7. The van der Waals surface area contributed by atoms with Gasteiger partial charge in [-0.05, 0) is 13.8 Å². The zero-order chi connectivity index (χ0) is 20.5. The van der Waals surface area contributed by atoms with Crippen LogP contribution in [0.3, 0.4) is 0 Å². The summed E-state index contributed by atoms with van der Waals surface area (Å²) >= 11 is 0.861. The fourth-order valence-corrected chi connectivity index (χ4v) is 5.00. The zero-order valence-corrected chi connectivity index (χ0v) is 17.2. The minimum absolute atomic E-state index is 0.0458. The maximum Gasteiger partial charge on any atom is 0.342 e. The summed E-state index contributed by atoms with van der Waals surface area (Å²) in [5.74, 6) is -0.0666. The van der Waals surface area contributed by atoms with Crippen LogP contribution in [0.1, 0.15) is 27.4 Å². The van der Waals surface area contributed by atoms with Crippen molar-refractivity contribution in [2.24, 2.45) is 0 Å². The summed E-state index contributed by atoms with van der Waals surface area (Å²) in [4.78, 5) is 11.8. The summed E-state index contributed by atoms with van der Waals surface area (Å²) < 4.78 is 44.2. The number of hydrogen-bond donors (Lipinski definition) is 1. The molecule has 3 rings (SSSR count). The molecule has 0 aliphatic heterocycles. The molecular formula is C16H18N4O6S2. The molecule has 3 heterocycles. The summed E-state index contributed by atoms with van der Waals surface area (Å²) in [5, 5.41) is 9.42. The standard InChI is InChI=1S/C16H18N4O6S2/c1-9-12(10(2)26-18-9)7-20-6-11(5-17-20)19-28(22,23)16-14(24-3)13(8-27-16)15(21)25-4/h5-6,8,19H,7H2,1-4H3. The van der Waals surface area contributed by atoms with E-state index >= 15 is 0 Å². The second-order valence-corrected chi connectivity index (χ2v) is 8.55. The highest BCUT2D eigenvalue weighted by Crippen LogP contribution is 2.36. The number of carbonyl (C=O) groups is 1. The first-order valence-electron chi connectivity index (χ1n) is 7.97. The number of anilines is 1. The van der Waals surface area contributed by atoms with Crippen LogP contribution in [0.15, 0.2) is 26.5 Å². The Labute approximate surface area is 165 Å². The van der Waals surface area contributed by atoms with E-state index in [4.69, 9.17) is 9.26 Å². The van der Waals surface area contributed by atoms with Crippen molar-refractivity contribution in [1.29, 1.82) is 0 Å². The van der Waals surface area contributed by atoms with E-state index in [2.05, 4.69) is 19.7 Å². The van der Waals surface area contributed by atoms with Crippen LogP contribution in [0.4, 0.5) is 5.69 Å². The molecule has 150 valence electrons. The molecule has 0 atom stereocenters. The molecule has 0 spiro atoms. The van der Waals surface area contributed by atoms with Crippen molar-refractivity contribution >= 4 is 33.0 Å². The fourth-order valence-electron chi connectivity index (χ4n) is 2.55. The third-order valence-corrected chi connectivity index (χ3v) is 6.83. The number of carbonyl (C=O) groups excluding carboxylic acids is 1. The lowest BCUT2D eigenvalue weighted by atomic mass is 10.2. The van der Waals surface area contributed by atoms with Gasteiger partial charge in [-0.3, -0.25) is 9.40 Å². The van der Waals surface area contributed by atoms with Crippen LogP contribution >= 0.6 is 11.3 Å². The fraction of sp³-hybridized carbons (Fsp3) is 0.312. The number of esters is 1. The summed E-state index contributed by atoms with van der Waals surface area (Å²) in [6, 6.07) is 0. The van der Waals surface area contributed by atoms with Gasteiger partial charge in [0.15, 0.2) is 9.96 Å². The number of nitrogens with zero attached hydrogens (tertiary/aromatic N) is 3. The molecule has 0 aliphatic rings. The van der Waals surface area contributed by atoms with Crippen LogP contribution in [-0.2, 0) is 21.3 Å². The molecule has 0 radical (unpaired) electrons. The molecule has 1 N–H and O–H groups in total. The second kappa shape index (κ2) is 7.64. The highest BCUT2D eigenvalue weighted by atomic mass is 32.2. The first-order valence-corrected chi connectivity index (χ1v) is 10.3. The normalized spacial score (nSPS) is 11.4. The third-order valence-electron chi connectivity index (χ3n) is 3.95. The molecule has 12 heteroatoms. The van der Waals surface area contributed by atoms with Crippen molar-refractivity contribution in [2.45, 2.75) is 24.6 Å². The van der Waals surface area contributed by atoms with Crippen LogP contribution < -0.4 is 9.46 Å². The largest absolute Gasteiger partial charge is 0.493 e. The minimum Gasteiger partial charge on any atom is -0.493 e. The first-order chi connectivity index (χ1) is 13.3.